The molecule has 0 saturated carbocycles. The first-order valence-electron chi connectivity index (χ1n) is 3.88. The van der Waals surface area contributed by atoms with Gasteiger partial charge in [0.25, 0.3) is 0 Å². The molecule has 0 amide bonds. The van der Waals surface area contributed by atoms with E-state index in [9.17, 15) is 0 Å². The molecule has 1 unspecified atom stereocenters. The Kier molecular flexibility index (Phi) is 5.00. The third-order valence-corrected chi connectivity index (χ3v) is 1.64. The average Bonchev–Trinajstić information content (AvgIpc) is 1.95. The molecule has 0 bridgehead atoms. The number of nitrogens with zero attached hydrogens (tertiary/aromatic N) is 2. The normalized spacial score (nSPS) is 13.8. The van der Waals surface area contributed by atoms with Gasteiger partial charge in [-0.2, -0.15) is 0 Å². The lowest BCUT2D eigenvalue weighted by atomic mass is 9.88. The molecule has 0 aromatic heterocycles. The smallest absolute Gasteiger partial charge is 0.0528 e. The van der Waals surface area contributed by atoms with E-state index in [4.69, 9.17) is 0 Å². The molecule has 0 aromatic carbocycles. The predicted molar refractivity (Wildman–Crippen MR) is 60.2 cm³/mol. The van der Waals surface area contributed by atoms with Gasteiger partial charge in [-0.05, 0) is 17.7 Å². The van der Waals surface area contributed by atoms with Crippen LogP contribution in [0.2, 0.25) is 0 Å². The van der Waals surface area contributed by atoms with Crippen LogP contribution < -0.4 is 0 Å². The molecule has 0 rings (SSSR count). The molecule has 0 aliphatic rings. The van der Waals surface area contributed by atoms with E-state index in [1.165, 1.54) is 0 Å². The second-order valence-corrected chi connectivity index (χ2v) is 3.88. The summed E-state index contributed by atoms with van der Waals surface area (Å²) in [5.74, 6) is 0. The quantitative estimate of drug-likeness (QED) is 0.475. The summed E-state index contributed by atoms with van der Waals surface area (Å²) in [5, 5.41) is 0. The van der Waals surface area contributed by atoms with E-state index in [-0.39, 0.29) is 5.41 Å². The highest BCUT2D eigenvalue weighted by molar-refractivity contribution is 7.16. The zero-order valence-electron chi connectivity index (χ0n) is 8.04. The maximum atomic E-state index is 4.14. The standard InChI is InChI=1S/C9H17N2P/c1-9(2,3)8(5-10-4)6-11-7-12/h5-6H,4,7,12H2,1-3H3/b8-5+,11-6-. The number of hydrogen-bond acceptors (Lipinski definition) is 2. The first kappa shape index (κ1) is 11.5. The van der Waals surface area contributed by atoms with Crippen molar-refractivity contribution in [2.24, 2.45) is 15.4 Å². The van der Waals surface area contributed by atoms with E-state index in [1.807, 2.05) is 6.21 Å². The van der Waals surface area contributed by atoms with Crippen molar-refractivity contribution < 1.29 is 0 Å². The van der Waals surface area contributed by atoms with E-state index in [0.29, 0.717) is 0 Å². The van der Waals surface area contributed by atoms with Gasteiger partial charge in [-0.15, -0.1) is 9.24 Å². The fraction of sp³-hybridized carbons (Fsp3) is 0.556. The van der Waals surface area contributed by atoms with Gasteiger partial charge in [0.15, 0.2) is 0 Å². The Bertz CT molecular complexity index is 199. The molecule has 0 heterocycles. The number of aliphatic imine (C=N–C) groups is 2. The molecule has 3 heteroatoms. The van der Waals surface area contributed by atoms with Gasteiger partial charge in [0.1, 0.15) is 0 Å². The van der Waals surface area contributed by atoms with Crippen molar-refractivity contribution in [3.05, 3.63) is 11.8 Å². The lowest BCUT2D eigenvalue weighted by molar-refractivity contribution is 0.525. The van der Waals surface area contributed by atoms with Gasteiger partial charge < -0.3 is 0 Å². The third kappa shape index (κ3) is 4.40. The van der Waals surface area contributed by atoms with E-state index in [1.54, 1.807) is 6.20 Å². The highest BCUT2D eigenvalue weighted by Crippen LogP contribution is 2.23. The van der Waals surface area contributed by atoms with Crippen LogP contribution in [0.15, 0.2) is 21.8 Å². The zero-order valence-corrected chi connectivity index (χ0v) is 9.20. The molecule has 0 radical (unpaired) electrons. The van der Waals surface area contributed by atoms with Gasteiger partial charge in [0, 0.05) is 12.4 Å². The van der Waals surface area contributed by atoms with Gasteiger partial charge >= 0.3 is 0 Å². The third-order valence-electron chi connectivity index (χ3n) is 1.43. The second-order valence-electron chi connectivity index (χ2n) is 3.51. The second kappa shape index (κ2) is 5.21. The molecule has 0 spiro atoms. The fourth-order valence-electron chi connectivity index (χ4n) is 0.670. The van der Waals surface area contributed by atoms with E-state index in [2.05, 4.69) is 46.7 Å². The summed E-state index contributed by atoms with van der Waals surface area (Å²) >= 11 is 0. The van der Waals surface area contributed by atoms with Crippen molar-refractivity contribution in [1.82, 2.24) is 0 Å². The summed E-state index contributed by atoms with van der Waals surface area (Å²) in [6, 6.07) is 0. The number of hydrogen-bond donors (Lipinski definition) is 0. The fourth-order valence-corrected chi connectivity index (χ4v) is 0.775. The summed E-state index contributed by atoms with van der Waals surface area (Å²) in [6.45, 7) is 9.80. The molecule has 0 fully saturated rings. The molecule has 0 N–H and O–H groups in total. The van der Waals surface area contributed by atoms with Crippen LogP contribution in [0.25, 0.3) is 0 Å². The molecule has 0 saturated heterocycles. The van der Waals surface area contributed by atoms with Crippen molar-refractivity contribution in [1.29, 1.82) is 0 Å². The minimum Gasteiger partial charge on any atom is -0.289 e. The Hall–Kier alpha value is -0.490. The Morgan fingerprint density at radius 3 is 2.42 bits per heavy atom. The Morgan fingerprint density at radius 2 is 2.08 bits per heavy atom. The maximum Gasteiger partial charge on any atom is 0.0528 e. The molecule has 2 nitrogen and oxygen atoms in total. The van der Waals surface area contributed by atoms with Crippen LogP contribution in [-0.2, 0) is 0 Å². The van der Waals surface area contributed by atoms with Gasteiger partial charge in [0.05, 0.1) is 6.29 Å². The highest BCUT2D eigenvalue weighted by atomic mass is 31.0. The molecule has 68 valence electrons. The van der Waals surface area contributed by atoms with E-state index < -0.39 is 0 Å². The van der Waals surface area contributed by atoms with Crippen LogP contribution in [0.4, 0.5) is 0 Å². The van der Waals surface area contributed by atoms with Crippen LogP contribution in [0.3, 0.4) is 0 Å². The van der Waals surface area contributed by atoms with Crippen molar-refractivity contribution >= 4 is 22.2 Å². The van der Waals surface area contributed by atoms with Crippen molar-refractivity contribution in [3.63, 3.8) is 0 Å². The van der Waals surface area contributed by atoms with Gasteiger partial charge in [-0.25, -0.2) is 0 Å². The van der Waals surface area contributed by atoms with Crippen LogP contribution in [0, 0.1) is 5.41 Å². The average molecular weight is 184 g/mol. The molecule has 0 aromatic rings. The first-order chi connectivity index (χ1) is 5.52. The lowest BCUT2D eigenvalue weighted by Gasteiger charge is -2.18. The Balaban J connectivity index is 4.57. The van der Waals surface area contributed by atoms with E-state index >= 15 is 0 Å². The molecular weight excluding hydrogens is 167 g/mol. The summed E-state index contributed by atoms with van der Waals surface area (Å²) in [6.07, 6.45) is 4.33. The molecule has 0 aliphatic carbocycles. The molecule has 12 heavy (non-hydrogen) atoms. The van der Waals surface area contributed by atoms with Crippen LogP contribution in [-0.4, -0.2) is 19.2 Å². The number of rotatable bonds is 3. The molecule has 1 atom stereocenters. The minimum absolute atomic E-state index is 0.0878. The first-order valence-corrected chi connectivity index (χ1v) is 4.70. The van der Waals surface area contributed by atoms with Crippen molar-refractivity contribution in [2.45, 2.75) is 20.8 Å². The maximum absolute atomic E-state index is 4.14. The van der Waals surface area contributed by atoms with Crippen molar-refractivity contribution in [2.75, 3.05) is 6.29 Å². The Morgan fingerprint density at radius 1 is 1.50 bits per heavy atom. The minimum atomic E-state index is 0.0878. The Labute approximate surface area is 77.1 Å². The SMILES string of the molecule is C=N/C=C(\C=N/CP)C(C)(C)C. The highest BCUT2D eigenvalue weighted by Gasteiger charge is 2.14. The van der Waals surface area contributed by atoms with Crippen LogP contribution in [0.1, 0.15) is 20.8 Å². The largest absolute Gasteiger partial charge is 0.289 e. The van der Waals surface area contributed by atoms with Crippen LogP contribution >= 0.6 is 9.24 Å². The topological polar surface area (TPSA) is 24.7 Å². The lowest BCUT2D eigenvalue weighted by Crippen LogP contribution is -2.10. The monoisotopic (exact) mass is 184 g/mol. The van der Waals surface area contributed by atoms with Gasteiger partial charge in [0.2, 0.25) is 0 Å². The van der Waals surface area contributed by atoms with Crippen molar-refractivity contribution in [3.8, 4) is 0 Å². The molecular formula is C9H17N2P. The number of allylic oxidation sites excluding steroid dienone is 1. The molecule has 0 aliphatic heterocycles. The van der Waals surface area contributed by atoms with E-state index in [0.717, 1.165) is 11.9 Å². The summed E-state index contributed by atoms with van der Waals surface area (Å²) in [4.78, 5) is 7.88. The summed E-state index contributed by atoms with van der Waals surface area (Å²) in [5.41, 5.74) is 1.19. The summed E-state index contributed by atoms with van der Waals surface area (Å²) < 4.78 is 0. The predicted octanol–water partition coefficient (Wildman–Crippen LogP) is 2.52. The van der Waals surface area contributed by atoms with Gasteiger partial charge in [-0.3, -0.25) is 9.98 Å². The van der Waals surface area contributed by atoms with Gasteiger partial charge in [-0.1, -0.05) is 20.8 Å². The van der Waals surface area contributed by atoms with Crippen LogP contribution in [0.5, 0.6) is 0 Å². The zero-order chi connectivity index (χ0) is 9.61. The summed E-state index contributed by atoms with van der Waals surface area (Å²) in [7, 11) is 2.55.